The molecule has 37 heavy (non-hydrogen) atoms. The van der Waals surface area contributed by atoms with Gasteiger partial charge in [0.2, 0.25) is 0 Å². The predicted octanol–water partition coefficient (Wildman–Crippen LogP) is 7.97. The third kappa shape index (κ3) is 5.32. The van der Waals surface area contributed by atoms with Crippen molar-refractivity contribution in [3.63, 3.8) is 0 Å². The van der Waals surface area contributed by atoms with Crippen molar-refractivity contribution in [2.45, 2.75) is 13.2 Å². The third-order valence-corrected chi connectivity index (χ3v) is 7.48. The summed E-state index contributed by atoms with van der Waals surface area (Å²) in [5.41, 5.74) is 2.29. The van der Waals surface area contributed by atoms with Gasteiger partial charge in [-0.2, -0.15) is 0 Å². The molecule has 0 atom stereocenters. The van der Waals surface area contributed by atoms with Crippen LogP contribution in [-0.2, 0) is 17.9 Å². The number of hydrogen-bond donors (Lipinski definition) is 0. The van der Waals surface area contributed by atoms with Crippen molar-refractivity contribution in [1.29, 1.82) is 0 Å². The summed E-state index contributed by atoms with van der Waals surface area (Å²) in [5.74, 6) is 0.621. The van der Waals surface area contributed by atoms with Crippen LogP contribution in [0.15, 0.2) is 83.8 Å². The Balaban J connectivity index is 1.42. The molecule has 4 aromatic rings. The molecular weight excluding hydrogens is 529 g/mol. The molecule has 1 saturated heterocycles. The molecule has 0 aliphatic carbocycles. The number of para-hydroxylation sites is 1. The van der Waals surface area contributed by atoms with E-state index in [0.29, 0.717) is 44.2 Å². The van der Waals surface area contributed by atoms with E-state index in [4.69, 9.17) is 32.7 Å². The van der Waals surface area contributed by atoms with Crippen molar-refractivity contribution in [3.8, 4) is 11.5 Å². The maximum atomic E-state index is 13.2. The standard InChI is InChI=1S/C29H21Cl2NO4S/c1-35-25-11-5-8-19(27(25)36-17-21-9-4-7-18-6-2-3-10-23(18)21)14-26-28(33)32(29(34)37-26)16-20-12-13-22(30)15-24(20)31/h2-15H,16-17H2,1H3/b26-14-. The first-order chi connectivity index (χ1) is 17.9. The van der Waals surface area contributed by atoms with Crippen molar-refractivity contribution in [1.82, 2.24) is 4.90 Å². The summed E-state index contributed by atoms with van der Waals surface area (Å²) in [4.78, 5) is 27.3. The van der Waals surface area contributed by atoms with Crippen LogP contribution in [0.4, 0.5) is 4.79 Å². The second-order valence-corrected chi connectivity index (χ2v) is 10.1. The number of methoxy groups -OCH3 is 1. The Bertz CT molecular complexity index is 1550. The van der Waals surface area contributed by atoms with E-state index in [0.717, 1.165) is 28.1 Å². The van der Waals surface area contributed by atoms with E-state index in [-0.39, 0.29) is 11.8 Å². The first-order valence-corrected chi connectivity index (χ1v) is 13.0. The Morgan fingerprint density at radius 2 is 1.70 bits per heavy atom. The van der Waals surface area contributed by atoms with Gasteiger partial charge in [-0.15, -0.1) is 0 Å². The largest absolute Gasteiger partial charge is 0.493 e. The summed E-state index contributed by atoms with van der Waals surface area (Å²) < 4.78 is 11.8. The van der Waals surface area contributed by atoms with Gasteiger partial charge in [0.25, 0.3) is 11.1 Å². The number of rotatable bonds is 7. The zero-order valence-electron chi connectivity index (χ0n) is 19.7. The van der Waals surface area contributed by atoms with Gasteiger partial charge in [-0.1, -0.05) is 83.9 Å². The zero-order valence-corrected chi connectivity index (χ0v) is 22.1. The fourth-order valence-corrected chi connectivity index (χ4v) is 5.43. The molecule has 1 fully saturated rings. The van der Waals surface area contributed by atoms with Crippen LogP contribution < -0.4 is 9.47 Å². The fourth-order valence-electron chi connectivity index (χ4n) is 4.13. The van der Waals surface area contributed by atoms with E-state index < -0.39 is 5.91 Å². The molecule has 0 spiro atoms. The fraction of sp³-hybridized carbons (Fsp3) is 0.103. The molecule has 8 heteroatoms. The minimum absolute atomic E-state index is 0.0561. The number of ether oxygens (including phenoxy) is 2. The number of hydrogen-bond acceptors (Lipinski definition) is 5. The maximum Gasteiger partial charge on any atom is 0.293 e. The van der Waals surface area contributed by atoms with Crippen LogP contribution in [0, 0.1) is 0 Å². The molecule has 5 nitrogen and oxygen atoms in total. The van der Waals surface area contributed by atoms with Gasteiger partial charge in [0.05, 0.1) is 18.6 Å². The molecule has 186 valence electrons. The molecule has 1 aliphatic heterocycles. The van der Waals surface area contributed by atoms with Gasteiger partial charge in [-0.25, -0.2) is 0 Å². The van der Waals surface area contributed by atoms with Gasteiger partial charge in [-0.3, -0.25) is 14.5 Å². The van der Waals surface area contributed by atoms with Crippen molar-refractivity contribution >= 4 is 63.0 Å². The predicted molar refractivity (Wildman–Crippen MR) is 149 cm³/mol. The highest BCUT2D eigenvalue weighted by Gasteiger charge is 2.35. The second-order valence-electron chi connectivity index (χ2n) is 8.31. The lowest BCUT2D eigenvalue weighted by Crippen LogP contribution is -2.27. The third-order valence-electron chi connectivity index (χ3n) is 5.98. The number of thioether (sulfide) groups is 1. The first-order valence-electron chi connectivity index (χ1n) is 11.4. The first kappa shape index (κ1) is 25.2. The summed E-state index contributed by atoms with van der Waals surface area (Å²) in [7, 11) is 1.56. The number of fused-ring (bicyclic) bond motifs is 1. The van der Waals surface area contributed by atoms with Gasteiger partial charge in [-0.05, 0) is 57.9 Å². The topological polar surface area (TPSA) is 55.8 Å². The molecular formula is C29H21Cl2NO4S. The lowest BCUT2D eigenvalue weighted by molar-refractivity contribution is -0.123. The van der Waals surface area contributed by atoms with Crippen LogP contribution >= 0.6 is 35.0 Å². The molecule has 2 amide bonds. The SMILES string of the molecule is COc1cccc(/C=C2\SC(=O)N(Cc3ccc(Cl)cc3Cl)C2=O)c1OCc1cccc2ccccc12. The van der Waals surface area contributed by atoms with E-state index in [1.165, 1.54) is 4.90 Å². The molecule has 5 rings (SSSR count). The number of imide groups is 1. The molecule has 0 radical (unpaired) electrons. The van der Waals surface area contributed by atoms with Gasteiger partial charge >= 0.3 is 0 Å². The van der Waals surface area contributed by atoms with Gasteiger partial charge < -0.3 is 9.47 Å². The molecule has 0 unspecified atom stereocenters. The normalized spacial score (nSPS) is 14.6. The van der Waals surface area contributed by atoms with Gasteiger partial charge in [0.15, 0.2) is 11.5 Å². The Kier molecular flexibility index (Phi) is 7.42. The van der Waals surface area contributed by atoms with Crippen LogP contribution in [0.5, 0.6) is 11.5 Å². The lowest BCUT2D eigenvalue weighted by Gasteiger charge is -2.15. The van der Waals surface area contributed by atoms with E-state index >= 15 is 0 Å². The van der Waals surface area contributed by atoms with E-state index in [9.17, 15) is 9.59 Å². The van der Waals surface area contributed by atoms with Crippen LogP contribution in [0.3, 0.4) is 0 Å². The molecule has 1 heterocycles. The van der Waals surface area contributed by atoms with Crippen LogP contribution in [-0.4, -0.2) is 23.2 Å². The average Bonchev–Trinajstić information content (AvgIpc) is 3.16. The van der Waals surface area contributed by atoms with E-state index in [2.05, 4.69) is 18.2 Å². The van der Waals surface area contributed by atoms with Crippen molar-refractivity contribution in [2.75, 3.05) is 7.11 Å². The highest BCUT2D eigenvalue weighted by Crippen LogP contribution is 2.39. The molecule has 0 aromatic heterocycles. The number of halogens is 2. The lowest BCUT2D eigenvalue weighted by atomic mass is 10.1. The summed E-state index contributed by atoms with van der Waals surface area (Å²) >= 11 is 13.1. The highest BCUT2D eigenvalue weighted by atomic mass is 35.5. The Morgan fingerprint density at radius 1 is 0.919 bits per heavy atom. The summed E-state index contributed by atoms with van der Waals surface area (Å²) in [5, 5.41) is 2.73. The van der Waals surface area contributed by atoms with Crippen LogP contribution in [0.2, 0.25) is 10.0 Å². The molecule has 0 bridgehead atoms. The van der Waals surface area contributed by atoms with E-state index in [1.807, 2.05) is 36.4 Å². The number of nitrogens with zero attached hydrogens (tertiary/aromatic N) is 1. The molecule has 0 saturated carbocycles. The Morgan fingerprint density at radius 3 is 2.51 bits per heavy atom. The molecule has 4 aromatic carbocycles. The van der Waals surface area contributed by atoms with Gasteiger partial charge in [0.1, 0.15) is 6.61 Å². The maximum absolute atomic E-state index is 13.2. The van der Waals surface area contributed by atoms with Crippen LogP contribution in [0.25, 0.3) is 16.8 Å². The number of benzene rings is 4. The number of carbonyl (C=O) groups excluding carboxylic acids is 2. The quantitative estimate of drug-likeness (QED) is 0.219. The number of carbonyl (C=O) groups is 2. The Labute approximate surface area is 228 Å². The van der Waals surface area contributed by atoms with Gasteiger partial charge in [0, 0.05) is 15.6 Å². The minimum atomic E-state index is -0.399. The van der Waals surface area contributed by atoms with Crippen LogP contribution in [0.1, 0.15) is 16.7 Å². The number of amides is 2. The summed E-state index contributed by atoms with van der Waals surface area (Å²) in [6, 6.07) is 24.6. The monoisotopic (exact) mass is 549 g/mol. The van der Waals surface area contributed by atoms with E-state index in [1.54, 1.807) is 37.5 Å². The summed E-state index contributed by atoms with van der Waals surface area (Å²) in [6.45, 7) is 0.361. The minimum Gasteiger partial charge on any atom is -0.493 e. The highest BCUT2D eigenvalue weighted by molar-refractivity contribution is 8.18. The van der Waals surface area contributed by atoms with Crippen molar-refractivity contribution < 1.29 is 19.1 Å². The second kappa shape index (κ2) is 10.9. The molecule has 0 N–H and O–H groups in total. The smallest absolute Gasteiger partial charge is 0.293 e. The average molecular weight is 550 g/mol. The molecule has 1 aliphatic rings. The van der Waals surface area contributed by atoms with Crippen molar-refractivity contribution in [3.05, 3.63) is 111 Å². The summed E-state index contributed by atoms with van der Waals surface area (Å²) in [6.07, 6.45) is 1.66. The Hall–Kier alpha value is -3.45. The van der Waals surface area contributed by atoms with Crippen molar-refractivity contribution in [2.24, 2.45) is 0 Å². The zero-order chi connectivity index (χ0) is 25.9.